The van der Waals surface area contributed by atoms with Gasteiger partial charge in [0.25, 0.3) is 5.91 Å². The third-order valence-electron chi connectivity index (χ3n) is 2.78. The Balaban J connectivity index is 2.84. The molecule has 0 fully saturated rings. The summed E-state index contributed by atoms with van der Waals surface area (Å²) in [7, 11) is 2.87. The molecule has 1 rings (SSSR count). The number of carbonyl (C=O) groups is 2. The number of esters is 1. The van der Waals surface area contributed by atoms with E-state index in [-0.39, 0.29) is 24.8 Å². The highest BCUT2D eigenvalue weighted by Crippen LogP contribution is 2.20. The van der Waals surface area contributed by atoms with E-state index in [1.165, 1.54) is 7.11 Å². The first-order valence-corrected chi connectivity index (χ1v) is 7.46. The van der Waals surface area contributed by atoms with E-state index in [0.717, 1.165) is 4.47 Å². The van der Waals surface area contributed by atoms with Gasteiger partial charge in [0.2, 0.25) is 0 Å². The maximum Gasteiger partial charge on any atom is 0.307 e. The SMILES string of the molecule is COCCN(CCC(=O)OC)C(=O)c1cc(Cl)cc(Br)c1. The van der Waals surface area contributed by atoms with Crippen LogP contribution >= 0.6 is 27.5 Å². The molecule has 0 spiro atoms. The highest BCUT2D eigenvalue weighted by atomic mass is 79.9. The minimum atomic E-state index is -0.363. The lowest BCUT2D eigenvalue weighted by Gasteiger charge is -2.22. The molecule has 1 aromatic rings. The predicted octanol–water partition coefficient (Wildman–Crippen LogP) is 2.75. The number of carbonyl (C=O) groups excluding carboxylic acids is 2. The smallest absolute Gasteiger partial charge is 0.307 e. The molecule has 0 aliphatic carbocycles. The molecule has 116 valence electrons. The van der Waals surface area contributed by atoms with Gasteiger partial charge < -0.3 is 14.4 Å². The first-order chi connectivity index (χ1) is 9.97. The lowest BCUT2D eigenvalue weighted by molar-refractivity contribution is -0.140. The zero-order valence-corrected chi connectivity index (χ0v) is 14.2. The number of halogens is 2. The molecule has 1 amide bonds. The van der Waals surface area contributed by atoms with Crippen LogP contribution in [-0.2, 0) is 14.3 Å². The van der Waals surface area contributed by atoms with Gasteiger partial charge in [0.1, 0.15) is 0 Å². The Kier molecular flexibility index (Phi) is 7.71. The predicted molar refractivity (Wildman–Crippen MR) is 83.6 cm³/mol. The zero-order valence-electron chi connectivity index (χ0n) is 11.9. The monoisotopic (exact) mass is 377 g/mol. The number of hydrogen-bond donors (Lipinski definition) is 0. The topological polar surface area (TPSA) is 55.8 Å². The highest BCUT2D eigenvalue weighted by molar-refractivity contribution is 9.10. The van der Waals surface area contributed by atoms with Crippen LogP contribution in [0.2, 0.25) is 5.02 Å². The third kappa shape index (κ3) is 6.03. The fraction of sp³-hybridized carbons (Fsp3) is 0.429. The summed E-state index contributed by atoms with van der Waals surface area (Å²) in [5.41, 5.74) is 0.454. The van der Waals surface area contributed by atoms with Gasteiger partial charge in [0.15, 0.2) is 0 Å². The fourth-order valence-corrected chi connectivity index (χ4v) is 2.56. The van der Waals surface area contributed by atoms with Crippen molar-refractivity contribution in [2.24, 2.45) is 0 Å². The minimum absolute atomic E-state index is 0.133. The Labute approximate surface area is 137 Å². The molecule has 0 aliphatic rings. The molecule has 5 nitrogen and oxygen atoms in total. The Bertz CT molecular complexity index is 489. The van der Waals surface area contributed by atoms with Crippen molar-refractivity contribution in [3.8, 4) is 0 Å². The van der Waals surface area contributed by atoms with Gasteiger partial charge in [-0.25, -0.2) is 0 Å². The van der Waals surface area contributed by atoms with Gasteiger partial charge in [-0.15, -0.1) is 0 Å². The summed E-state index contributed by atoms with van der Waals surface area (Å²) in [4.78, 5) is 25.3. The lowest BCUT2D eigenvalue weighted by atomic mass is 10.2. The van der Waals surface area contributed by atoms with E-state index < -0.39 is 0 Å². The van der Waals surface area contributed by atoms with Crippen molar-refractivity contribution in [2.45, 2.75) is 6.42 Å². The van der Waals surface area contributed by atoms with Gasteiger partial charge in [-0.2, -0.15) is 0 Å². The zero-order chi connectivity index (χ0) is 15.8. The second kappa shape index (κ2) is 9.02. The van der Waals surface area contributed by atoms with Crippen LogP contribution in [0.25, 0.3) is 0 Å². The van der Waals surface area contributed by atoms with Gasteiger partial charge in [0.05, 0.1) is 20.1 Å². The van der Waals surface area contributed by atoms with E-state index in [1.54, 1.807) is 30.2 Å². The molecule has 0 atom stereocenters. The Morgan fingerprint density at radius 3 is 2.52 bits per heavy atom. The van der Waals surface area contributed by atoms with Crippen LogP contribution in [0.3, 0.4) is 0 Å². The van der Waals surface area contributed by atoms with Crippen LogP contribution in [0.15, 0.2) is 22.7 Å². The molecule has 0 saturated heterocycles. The molecular weight excluding hydrogens is 362 g/mol. The molecule has 0 N–H and O–H groups in total. The maximum absolute atomic E-state index is 12.5. The van der Waals surface area contributed by atoms with Crippen LogP contribution in [0, 0.1) is 0 Å². The summed E-state index contributed by atoms with van der Waals surface area (Å²) >= 11 is 9.26. The second-order valence-corrected chi connectivity index (χ2v) is 5.62. The summed E-state index contributed by atoms with van der Waals surface area (Å²) in [6.45, 7) is 1.03. The molecule has 0 bridgehead atoms. The number of nitrogens with zero attached hydrogens (tertiary/aromatic N) is 1. The summed E-state index contributed by atoms with van der Waals surface area (Å²) in [6.07, 6.45) is 0.133. The number of hydrogen-bond acceptors (Lipinski definition) is 4. The summed E-state index contributed by atoms with van der Waals surface area (Å²) in [5.74, 6) is -0.573. The molecule has 0 saturated carbocycles. The molecule has 0 aromatic heterocycles. The van der Waals surface area contributed by atoms with Crippen molar-refractivity contribution < 1.29 is 19.1 Å². The highest BCUT2D eigenvalue weighted by Gasteiger charge is 2.18. The molecular formula is C14H17BrClNO4. The molecule has 0 unspecified atom stereocenters. The molecule has 21 heavy (non-hydrogen) atoms. The average Bonchev–Trinajstić information content (AvgIpc) is 2.45. The lowest BCUT2D eigenvalue weighted by Crippen LogP contribution is -2.35. The minimum Gasteiger partial charge on any atom is -0.469 e. The molecule has 0 radical (unpaired) electrons. The van der Waals surface area contributed by atoms with Gasteiger partial charge >= 0.3 is 5.97 Å². The van der Waals surface area contributed by atoms with E-state index in [2.05, 4.69) is 20.7 Å². The Morgan fingerprint density at radius 2 is 1.95 bits per heavy atom. The summed E-state index contributed by atoms with van der Waals surface area (Å²) < 4.78 is 10.3. The Hall–Kier alpha value is -1.11. The van der Waals surface area contributed by atoms with Crippen LogP contribution in [0.5, 0.6) is 0 Å². The van der Waals surface area contributed by atoms with Crippen LogP contribution in [0.4, 0.5) is 0 Å². The molecule has 7 heteroatoms. The first-order valence-electron chi connectivity index (χ1n) is 6.29. The first kappa shape index (κ1) is 17.9. The van der Waals surface area contributed by atoms with E-state index >= 15 is 0 Å². The molecule has 0 aliphatic heterocycles. The average molecular weight is 379 g/mol. The van der Waals surface area contributed by atoms with Crippen molar-refractivity contribution in [3.05, 3.63) is 33.3 Å². The van der Waals surface area contributed by atoms with Crippen molar-refractivity contribution in [1.29, 1.82) is 0 Å². The number of rotatable bonds is 7. The standard InChI is InChI=1S/C14H17BrClNO4/c1-20-6-5-17(4-3-13(18)21-2)14(19)10-7-11(15)9-12(16)8-10/h7-9H,3-6H2,1-2H3. The van der Waals surface area contributed by atoms with E-state index in [1.807, 2.05) is 0 Å². The van der Waals surface area contributed by atoms with Crippen LogP contribution in [-0.4, -0.2) is 50.7 Å². The number of amides is 1. The molecule has 0 heterocycles. The van der Waals surface area contributed by atoms with Crippen molar-refractivity contribution in [3.63, 3.8) is 0 Å². The van der Waals surface area contributed by atoms with Gasteiger partial charge in [-0.05, 0) is 18.2 Å². The number of methoxy groups -OCH3 is 2. The van der Waals surface area contributed by atoms with Crippen molar-refractivity contribution in [2.75, 3.05) is 33.9 Å². The van der Waals surface area contributed by atoms with Crippen LogP contribution in [0.1, 0.15) is 16.8 Å². The van der Waals surface area contributed by atoms with Gasteiger partial charge in [0, 0.05) is 35.3 Å². The number of ether oxygens (including phenoxy) is 2. The van der Waals surface area contributed by atoms with Gasteiger partial charge in [-0.3, -0.25) is 9.59 Å². The third-order valence-corrected chi connectivity index (χ3v) is 3.45. The van der Waals surface area contributed by atoms with E-state index in [4.69, 9.17) is 16.3 Å². The Morgan fingerprint density at radius 1 is 1.24 bits per heavy atom. The van der Waals surface area contributed by atoms with Crippen LogP contribution < -0.4 is 0 Å². The van der Waals surface area contributed by atoms with Gasteiger partial charge in [-0.1, -0.05) is 27.5 Å². The summed E-state index contributed by atoms with van der Waals surface area (Å²) in [5, 5.41) is 0.465. The summed E-state index contributed by atoms with van der Waals surface area (Å²) in [6, 6.07) is 4.98. The van der Waals surface area contributed by atoms with E-state index in [0.29, 0.717) is 23.7 Å². The number of benzene rings is 1. The van der Waals surface area contributed by atoms with Crippen molar-refractivity contribution in [1.82, 2.24) is 4.90 Å². The fourth-order valence-electron chi connectivity index (χ4n) is 1.70. The second-order valence-electron chi connectivity index (χ2n) is 4.27. The maximum atomic E-state index is 12.5. The molecule has 1 aromatic carbocycles. The normalized spacial score (nSPS) is 10.3. The van der Waals surface area contributed by atoms with E-state index in [9.17, 15) is 9.59 Å². The largest absolute Gasteiger partial charge is 0.469 e. The quantitative estimate of drug-likeness (QED) is 0.685. The van der Waals surface area contributed by atoms with Crippen molar-refractivity contribution >= 4 is 39.4 Å².